The van der Waals surface area contributed by atoms with E-state index < -0.39 is 0 Å². The molecule has 1 unspecified atom stereocenters. The first-order valence-corrected chi connectivity index (χ1v) is 5.47. The zero-order valence-corrected chi connectivity index (χ0v) is 9.80. The average Bonchev–Trinajstić information content (AvgIpc) is 2.22. The first-order valence-electron chi connectivity index (χ1n) is 5.10. The van der Waals surface area contributed by atoms with Gasteiger partial charge in [0.1, 0.15) is 11.6 Å². The maximum Gasteiger partial charge on any atom is 0.133 e. The predicted octanol–water partition coefficient (Wildman–Crippen LogP) is 2.61. The quantitative estimate of drug-likeness (QED) is 0.865. The van der Waals surface area contributed by atoms with Gasteiger partial charge in [-0.25, -0.2) is 4.39 Å². The fourth-order valence-electron chi connectivity index (χ4n) is 1.57. The highest BCUT2D eigenvalue weighted by atomic mass is 35.5. The van der Waals surface area contributed by atoms with Crippen molar-refractivity contribution >= 4 is 17.4 Å². The van der Waals surface area contributed by atoms with Crippen LogP contribution in [0, 0.1) is 11.7 Å². The minimum absolute atomic E-state index is 0.0478. The van der Waals surface area contributed by atoms with Gasteiger partial charge in [0.2, 0.25) is 0 Å². The van der Waals surface area contributed by atoms with E-state index in [1.54, 1.807) is 0 Å². The van der Waals surface area contributed by atoms with Crippen molar-refractivity contribution in [3.8, 4) is 0 Å². The van der Waals surface area contributed by atoms with E-state index in [4.69, 9.17) is 16.7 Å². The summed E-state index contributed by atoms with van der Waals surface area (Å²) in [5, 5.41) is 9.26. The Hall–Kier alpha value is -0.930. The molecule has 1 aromatic rings. The van der Waals surface area contributed by atoms with Gasteiger partial charge in [-0.1, -0.05) is 11.6 Å². The van der Waals surface area contributed by atoms with Gasteiger partial charge in [0.25, 0.3) is 0 Å². The molecule has 0 aliphatic heterocycles. The van der Waals surface area contributed by atoms with Gasteiger partial charge in [0.15, 0.2) is 0 Å². The van der Waals surface area contributed by atoms with E-state index in [-0.39, 0.29) is 30.5 Å². The smallest absolute Gasteiger partial charge is 0.133 e. The Morgan fingerprint density at radius 3 is 2.81 bits per heavy atom. The molecule has 0 radical (unpaired) electrons. The highest BCUT2D eigenvalue weighted by Crippen LogP contribution is 2.20. The molecule has 0 amide bonds. The summed E-state index contributed by atoms with van der Waals surface area (Å²) in [6, 6.07) is 4.27. The Balaban J connectivity index is 2.84. The Morgan fingerprint density at radius 1 is 1.56 bits per heavy atom. The van der Waals surface area contributed by atoms with Crippen molar-refractivity contribution in [1.29, 1.82) is 0 Å². The van der Waals surface area contributed by atoms with Gasteiger partial charge in [-0.05, 0) is 43.5 Å². The summed E-state index contributed by atoms with van der Waals surface area (Å²) >= 11 is 5.76. The van der Waals surface area contributed by atoms with Crippen LogP contribution in [0.15, 0.2) is 18.2 Å². The molecule has 0 saturated carbocycles. The Bertz CT molecular complexity index is 379. The lowest BCUT2D eigenvalue weighted by molar-refractivity contribution is -0.121. The summed E-state index contributed by atoms with van der Waals surface area (Å²) in [5.41, 5.74) is 0.418. The second-order valence-corrected chi connectivity index (χ2v) is 4.20. The monoisotopic (exact) mass is 244 g/mol. The molecular formula is C12H14ClFO2. The molecule has 2 nitrogen and oxygen atoms in total. The number of halogens is 2. The number of aliphatic hydroxyl groups excluding tert-OH is 1. The first-order chi connectivity index (χ1) is 7.54. The number of aliphatic hydroxyl groups is 1. The summed E-state index contributed by atoms with van der Waals surface area (Å²) in [6.07, 6.45) is 0.629. The van der Waals surface area contributed by atoms with Crippen LogP contribution in [0.2, 0.25) is 5.02 Å². The molecule has 0 heterocycles. The lowest BCUT2D eigenvalue weighted by Gasteiger charge is -2.13. The lowest BCUT2D eigenvalue weighted by Crippen LogP contribution is -2.16. The Labute approximate surface area is 99.0 Å². The van der Waals surface area contributed by atoms with Gasteiger partial charge < -0.3 is 5.11 Å². The van der Waals surface area contributed by atoms with Crippen molar-refractivity contribution in [2.75, 3.05) is 6.61 Å². The maximum absolute atomic E-state index is 13.4. The molecule has 0 bridgehead atoms. The molecule has 0 fully saturated rings. The van der Waals surface area contributed by atoms with E-state index in [0.29, 0.717) is 17.0 Å². The van der Waals surface area contributed by atoms with Gasteiger partial charge in [0, 0.05) is 17.5 Å². The molecule has 1 aromatic carbocycles. The lowest BCUT2D eigenvalue weighted by atomic mass is 9.93. The Kier molecular flexibility index (Phi) is 4.90. The number of hydrogen-bond donors (Lipinski definition) is 1. The summed E-state index contributed by atoms with van der Waals surface area (Å²) in [5.74, 6) is -0.764. The van der Waals surface area contributed by atoms with Crippen LogP contribution in [0.4, 0.5) is 4.39 Å². The van der Waals surface area contributed by atoms with Crippen LogP contribution in [-0.4, -0.2) is 17.5 Å². The summed E-state index contributed by atoms with van der Waals surface area (Å²) < 4.78 is 13.4. The topological polar surface area (TPSA) is 37.3 Å². The van der Waals surface area contributed by atoms with Crippen LogP contribution in [0.5, 0.6) is 0 Å². The summed E-state index contributed by atoms with van der Waals surface area (Å²) in [4.78, 5) is 11.3. The first kappa shape index (κ1) is 13.1. The Morgan fingerprint density at radius 2 is 2.25 bits per heavy atom. The number of hydrogen-bond acceptors (Lipinski definition) is 2. The second kappa shape index (κ2) is 5.97. The van der Waals surface area contributed by atoms with Gasteiger partial charge in [-0.15, -0.1) is 0 Å². The van der Waals surface area contributed by atoms with Crippen molar-refractivity contribution in [2.24, 2.45) is 5.92 Å². The molecule has 0 aliphatic rings. The number of ketones is 1. The maximum atomic E-state index is 13.4. The van der Waals surface area contributed by atoms with Crippen molar-refractivity contribution in [3.05, 3.63) is 34.6 Å². The molecule has 1 atom stereocenters. The van der Waals surface area contributed by atoms with Gasteiger partial charge in [0.05, 0.1) is 0 Å². The van der Waals surface area contributed by atoms with Crippen molar-refractivity contribution in [2.45, 2.75) is 19.8 Å². The van der Waals surface area contributed by atoms with E-state index in [0.717, 1.165) is 0 Å². The molecule has 0 aromatic heterocycles. The third kappa shape index (κ3) is 3.58. The highest BCUT2D eigenvalue weighted by Gasteiger charge is 2.16. The molecule has 0 aliphatic carbocycles. The van der Waals surface area contributed by atoms with Crippen LogP contribution in [-0.2, 0) is 11.2 Å². The van der Waals surface area contributed by atoms with E-state index >= 15 is 0 Å². The fourth-order valence-corrected chi connectivity index (χ4v) is 1.76. The van der Waals surface area contributed by atoms with E-state index in [1.807, 2.05) is 0 Å². The minimum atomic E-state index is -0.367. The van der Waals surface area contributed by atoms with Crippen molar-refractivity contribution in [3.63, 3.8) is 0 Å². The van der Waals surface area contributed by atoms with E-state index in [1.165, 1.54) is 25.1 Å². The molecule has 0 saturated heterocycles. The summed E-state index contributed by atoms with van der Waals surface area (Å²) in [6.45, 7) is 1.37. The zero-order chi connectivity index (χ0) is 12.1. The van der Waals surface area contributed by atoms with Gasteiger partial charge in [-0.2, -0.15) is 0 Å². The number of rotatable bonds is 5. The van der Waals surface area contributed by atoms with Crippen molar-refractivity contribution in [1.82, 2.24) is 0 Å². The molecular weight excluding hydrogens is 231 g/mol. The van der Waals surface area contributed by atoms with Crippen LogP contribution in [0.25, 0.3) is 0 Å². The van der Waals surface area contributed by atoms with Gasteiger partial charge in [-0.3, -0.25) is 4.79 Å². The van der Waals surface area contributed by atoms with E-state index in [9.17, 15) is 9.18 Å². The highest BCUT2D eigenvalue weighted by molar-refractivity contribution is 6.30. The average molecular weight is 245 g/mol. The second-order valence-electron chi connectivity index (χ2n) is 3.76. The standard InChI is InChI=1S/C12H14ClFO2/c1-8(16)9(4-5-15)6-10-7-11(13)2-3-12(10)14/h2-3,7,9,15H,4-6H2,1H3. The molecule has 16 heavy (non-hydrogen) atoms. The molecule has 1 rings (SSSR count). The largest absolute Gasteiger partial charge is 0.396 e. The number of carbonyl (C=O) groups excluding carboxylic acids is 1. The van der Waals surface area contributed by atoms with Crippen molar-refractivity contribution < 1.29 is 14.3 Å². The fraction of sp³-hybridized carbons (Fsp3) is 0.417. The molecule has 1 N–H and O–H groups in total. The predicted molar refractivity (Wildman–Crippen MR) is 61.0 cm³/mol. The van der Waals surface area contributed by atoms with Crippen LogP contribution < -0.4 is 0 Å². The number of benzene rings is 1. The minimum Gasteiger partial charge on any atom is -0.396 e. The zero-order valence-electron chi connectivity index (χ0n) is 9.04. The van der Waals surface area contributed by atoms with E-state index in [2.05, 4.69) is 0 Å². The van der Waals surface area contributed by atoms with Crippen LogP contribution in [0.3, 0.4) is 0 Å². The van der Waals surface area contributed by atoms with Gasteiger partial charge >= 0.3 is 0 Å². The summed E-state index contributed by atoms with van der Waals surface area (Å²) in [7, 11) is 0. The van der Waals surface area contributed by atoms with Crippen LogP contribution >= 0.6 is 11.6 Å². The molecule has 0 spiro atoms. The SMILES string of the molecule is CC(=O)C(CCO)Cc1cc(Cl)ccc1F. The van der Waals surface area contributed by atoms with Crippen LogP contribution in [0.1, 0.15) is 18.9 Å². The molecule has 88 valence electrons. The normalized spacial score (nSPS) is 12.5. The molecule has 4 heteroatoms. The number of Topliss-reactive ketones (excluding diaryl/α,β-unsaturated/α-hetero) is 1. The number of carbonyl (C=O) groups is 1. The third-order valence-electron chi connectivity index (χ3n) is 2.53. The third-order valence-corrected chi connectivity index (χ3v) is 2.76.